The Balaban J connectivity index is 1.49. The number of fused-ring (bicyclic) bond motifs is 1. The van der Waals surface area contributed by atoms with E-state index in [-0.39, 0.29) is 5.91 Å². The lowest BCUT2D eigenvalue weighted by molar-refractivity contribution is 0.0305. The second-order valence-electron chi connectivity index (χ2n) is 8.13. The smallest absolute Gasteiger partial charge is 0.264 e. The van der Waals surface area contributed by atoms with Crippen molar-refractivity contribution >= 4 is 33.3 Å². The van der Waals surface area contributed by atoms with E-state index in [1.54, 1.807) is 11.3 Å². The van der Waals surface area contributed by atoms with Gasteiger partial charge in [0.15, 0.2) is 0 Å². The van der Waals surface area contributed by atoms with Crippen LogP contribution >= 0.6 is 11.3 Å². The van der Waals surface area contributed by atoms with Crippen molar-refractivity contribution in [1.29, 1.82) is 0 Å². The highest BCUT2D eigenvalue weighted by atomic mass is 32.1. The fourth-order valence-electron chi connectivity index (χ4n) is 4.57. The monoisotopic (exact) mass is 422 g/mol. The van der Waals surface area contributed by atoms with Crippen molar-refractivity contribution in [3.63, 3.8) is 0 Å². The van der Waals surface area contributed by atoms with Crippen LogP contribution in [0.4, 0.5) is 5.95 Å². The second kappa shape index (κ2) is 7.96. The number of hydrogen-bond donors (Lipinski definition) is 0. The van der Waals surface area contributed by atoms with Crippen molar-refractivity contribution in [2.45, 2.75) is 26.2 Å². The number of rotatable bonds is 3. The van der Waals surface area contributed by atoms with Gasteiger partial charge in [-0.1, -0.05) is 18.2 Å². The third-order valence-electron chi connectivity index (χ3n) is 5.98. The second-order valence-corrected chi connectivity index (χ2v) is 9.18. The molecule has 2 aliphatic heterocycles. The molecule has 4 heterocycles. The van der Waals surface area contributed by atoms with Crippen molar-refractivity contribution in [2.75, 3.05) is 44.3 Å². The molecule has 0 saturated carbocycles. The number of amides is 1. The van der Waals surface area contributed by atoms with Crippen LogP contribution in [0.15, 0.2) is 30.3 Å². The predicted molar refractivity (Wildman–Crippen MR) is 120 cm³/mol. The predicted octanol–water partition coefficient (Wildman–Crippen LogP) is 3.77. The molecule has 0 spiro atoms. The molecule has 0 N–H and O–H groups in total. The van der Waals surface area contributed by atoms with Crippen LogP contribution < -0.4 is 4.90 Å². The Kier molecular flexibility index (Phi) is 5.16. The summed E-state index contributed by atoms with van der Waals surface area (Å²) >= 11 is 1.63. The topological polar surface area (TPSA) is 58.6 Å². The largest absolute Gasteiger partial charge is 0.378 e. The van der Waals surface area contributed by atoms with E-state index in [1.807, 2.05) is 24.8 Å². The molecule has 7 heteroatoms. The Morgan fingerprint density at radius 3 is 2.60 bits per heavy atom. The molecule has 0 unspecified atom stereocenters. The highest BCUT2D eigenvalue weighted by Crippen LogP contribution is 2.41. The minimum atomic E-state index is 0.149. The molecule has 1 amide bonds. The average molecular weight is 423 g/mol. The first-order chi connectivity index (χ1) is 14.6. The highest BCUT2D eigenvalue weighted by molar-refractivity contribution is 7.21. The molecule has 30 heavy (non-hydrogen) atoms. The Hall–Kier alpha value is -2.51. The van der Waals surface area contributed by atoms with E-state index < -0.39 is 0 Å². The molecule has 3 aromatic rings. The summed E-state index contributed by atoms with van der Waals surface area (Å²) < 4.78 is 6.63. The van der Waals surface area contributed by atoms with Gasteiger partial charge >= 0.3 is 0 Å². The van der Waals surface area contributed by atoms with E-state index in [9.17, 15) is 4.79 Å². The molecule has 2 fully saturated rings. The van der Waals surface area contributed by atoms with Crippen LogP contribution in [0.2, 0.25) is 0 Å². The van der Waals surface area contributed by atoms with Gasteiger partial charge in [-0.25, -0.2) is 9.97 Å². The molecule has 6 nitrogen and oxygen atoms in total. The maximum atomic E-state index is 13.4. The third-order valence-corrected chi connectivity index (χ3v) is 7.15. The summed E-state index contributed by atoms with van der Waals surface area (Å²) in [6.07, 6.45) is 1.00. The lowest BCUT2D eigenvalue weighted by atomic mass is 9.94. The molecule has 2 aromatic heterocycles. The number of benzene rings is 1. The van der Waals surface area contributed by atoms with Gasteiger partial charge in [0.1, 0.15) is 0 Å². The standard InChI is InChI=1S/C23H26N4O2S/c1-15-13-16(2)25-23(24-15)27-8-7-17(14-27)20-18-5-3-4-6-19(18)30-21(20)22(28)26-9-11-29-12-10-26/h3-6,13,17H,7-12,14H2,1-2H3/t17-/m1/s1. The van der Waals surface area contributed by atoms with E-state index in [1.165, 1.54) is 15.6 Å². The van der Waals surface area contributed by atoms with Crippen LogP contribution in [-0.2, 0) is 4.74 Å². The lowest BCUT2D eigenvalue weighted by Gasteiger charge is -2.27. The maximum absolute atomic E-state index is 13.4. The molecule has 2 aliphatic rings. The zero-order chi connectivity index (χ0) is 20.7. The van der Waals surface area contributed by atoms with Crippen LogP contribution in [0.1, 0.15) is 39.0 Å². The van der Waals surface area contributed by atoms with Crippen LogP contribution in [-0.4, -0.2) is 60.2 Å². The van der Waals surface area contributed by atoms with Crippen molar-refractivity contribution in [1.82, 2.24) is 14.9 Å². The average Bonchev–Trinajstić information content (AvgIpc) is 3.38. The van der Waals surface area contributed by atoms with Gasteiger partial charge in [-0.15, -0.1) is 11.3 Å². The summed E-state index contributed by atoms with van der Waals surface area (Å²) in [6, 6.07) is 10.4. The number of aryl methyl sites for hydroxylation is 2. The summed E-state index contributed by atoms with van der Waals surface area (Å²) in [5, 5.41) is 1.22. The summed E-state index contributed by atoms with van der Waals surface area (Å²) in [5.74, 6) is 1.25. The normalized spacial score (nSPS) is 19.6. The first kappa shape index (κ1) is 19.5. The molecular weight excluding hydrogens is 396 g/mol. The summed E-state index contributed by atoms with van der Waals surface area (Å²) in [6.45, 7) is 8.34. The van der Waals surface area contributed by atoms with Gasteiger partial charge in [0, 0.05) is 48.2 Å². The van der Waals surface area contributed by atoms with E-state index in [0.29, 0.717) is 32.2 Å². The number of thiophene rings is 1. The molecule has 2 saturated heterocycles. The summed E-state index contributed by atoms with van der Waals surface area (Å²) in [7, 11) is 0. The number of aromatic nitrogens is 2. The van der Waals surface area contributed by atoms with Crippen molar-refractivity contribution in [3.05, 3.63) is 52.2 Å². The van der Waals surface area contributed by atoms with Crippen LogP contribution in [0.3, 0.4) is 0 Å². The highest BCUT2D eigenvalue weighted by Gasteiger charge is 2.33. The van der Waals surface area contributed by atoms with Gasteiger partial charge in [-0.05, 0) is 43.4 Å². The van der Waals surface area contributed by atoms with Crippen molar-refractivity contribution in [3.8, 4) is 0 Å². The minimum Gasteiger partial charge on any atom is -0.378 e. The molecule has 0 radical (unpaired) electrons. The van der Waals surface area contributed by atoms with Crippen LogP contribution in [0.25, 0.3) is 10.1 Å². The van der Waals surface area contributed by atoms with E-state index in [4.69, 9.17) is 4.74 Å². The quantitative estimate of drug-likeness (QED) is 0.643. The maximum Gasteiger partial charge on any atom is 0.264 e. The number of nitrogens with zero attached hydrogens (tertiary/aromatic N) is 4. The molecule has 5 rings (SSSR count). The Morgan fingerprint density at radius 1 is 1.10 bits per heavy atom. The van der Waals surface area contributed by atoms with Crippen LogP contribution in [0, 0.1) is 13.8 Å². The number of carbonyl (C=O) groups is 1. The molecule has 1 atom stereocenters. The van der Waals surface area contributed by atoms with Crippen molar-refractivity contribution in [2.24, 2.45) is 0 Å². The van der Waals surface area contributed by atoms with Gasteiger partial charge in [0.05, 0.1) is 18.1 Å². The Bertz CT molecular complexity index is 1070. The van der Waals surface area contributed by atoms with E-state index in [0.717, 1.165) is 41.7 Å². The lowest BCUT2D eigenvalue weighted by Crippen LogP contribution is -2.40. The molecule has 1 aromatic carbocycles. The number of morpholine rings is 1. The van der Waals surface area contributed by atoms with E-state index >= 15 is 0 Å². The van der Waals surface area contributed by atoms with Crippen LogP contribution in [0.5, 0.6) is 0 Å². The fraction of sp³-hybridized carbons (Fsp3) is 0.435. The SMILES string of the molecule is Cc1cc(C)nc(N2CC[C@@H](c3c(C(=O)N4CCOCC4)sc4ccccc34)C2)n1. The molecular formula is C23H26N4O2S. The first-order valence-corrected chi connectivity index (χ1v) is 11.4. The summed E-state index contributed by atoms with van der Waals surface area (Å²) in [4.78, 5) is 27.8. The number of hydrogen-bond acceptors (Lipinski definition) is 6. The molecule has 0 bridgehead atoms. The Labute approximate surface area is 180 Å². The zero-order valence-corrected chi connectivity index (χ0v) is 18.2. The van der Waals surface area contributed by atoms with Crippen molar-refractivity contribution < 1.29 is 9.53 Å². The number of ether oxygens (including phenoxy) is 1. The van der Waals surface area contributed by atoms with Gasteiger partial charge in [0.25, 0.3) is 5.91 Å². The van der Waals surface area contributed by atoms with Gasteiger partial charge in [-0.2, -0.15) is 0 Å². The van der Waals surface area contributed by atoms with Gasteiger partial charge < -0.3 is 14.5 Å². The first-order valence-electron chi connectivity index (χ1n) is 10.6. The molecule has 0 aliphatic carbocycles. The van der Waals surface area contributed by atoms with Gasteiger partial charge in [0.2, 0.25) is 5.95 Å². The number of carbonyl (C=O) groups excluding carboxylic acids is 1. The van der Waals surface area contributed by atoms with E-state index in [2.05, 4.69) is 39.1 Å². The Morgan fingerprint density at radius 2 is 1.83 bits per heavy atom. The third kappa shape index (κ3) is 3.56. The minimum absolute atomic E-state index is 0.149. The molecule has 156 valence electrons. The fourth-order valence-corrected chi connectivity index (χ4v) is 5.82. The summed E-state index contributed by atoms with van der Waals surface area (Å²) in [5.41, 5.74) is 3.19. The number of anilines is 1. The zero-order valence-electron chi connectivity index (χ0n) is 17.4. The van der Waals surface area contributed by atoms with Gasteiger partial charge in [-0.3, -0.25) is 4.79 Å².